The van der Waals surface area contributed by atoms with E-state index < -0.39 is 0 Å². The Morgan fingerprint density at radius 2 is 2.32 bits per heavy atom. The maximum absolute atomic E-state index is 13.1. The van der Waals surface area contributed by atoms with E-state index in [0.29, 0.717) is 12.0 Å². The molecule has 1 aromatic carbocycles. The van der Waals surface area contributed by atoms with Crippen molar-refractivity contribution in [1.29, 1.82) is 0 Å². The number of aromatic amines is 1. The summed E-state index contributed by atoms with van der Waals surface area (Å²) >= 11 is 0. The van der Waals surface area contributed by atoms with Crippen LogP contribution in [-0.4, -0.2) is 41.0 Å². The summed E-state index contributed by atoms with van der Waals surface area (Å²) in [6.07, 6.45) is 1.10. The number of nitrogens with one attached hydrogen (secondary N) is 2. The number of nitrogens with zero attached hydrogens (tertiary/aromatic N) is 2. The van der Waals surface area contributed by atoms with Crippen molar-refractivity contribution in [2.24, 2.45) is 5.92 Å². The molecule has 1 aliphatic heterocycles. The molecule has 2 N–H and O–H groups in total. The van der Waals surface area contributed by atoms with Gasteiger partial charge in [-0.05, 0) is 44.1 Å². The highest BCUT2D eigenvalue weighted by Crippen LogP contribution is 2.21. The number of hydrogen-bond donors (Lipinski definition) is 2. The molecular formula is C14H19FN4. The summed E-state index contributed by atoms with van der Waals surface area (Å²) in [5.74, 6) is 1.07. The Balaban J connectivity index is 1.77. The van der Waals surface area contributed by atoms with Crippen LogP contribution in [0.2, 0.25) is 0 Å². The average molecular weight is 262 g/mol. The molecular weight excluding hydrogens is 243 g/mol. The summed E-state index contributed by atoms with van der Waals surface area (Å²) in [5, 5.41) is 3.44. The van der Waals surface area contributed by atoms with E-state index in [1.807, 2.05) is 0 Å². The van der Waals surface area contributed by atoms with Crippen molar-refractivity contribution in [2.75, 3.05) is 25.5 Å². The van der Waals surface area contributed by atoms with Crippen LogP contribution in [0.15, 0.2) is 18.2 Å². The molecule has 1 aliphatic rings. The van der Waals surface area contributed by atoms with Gasteiger partial charge < -0.3 is 15.2 Å². The molecule has 2 aromatic rings. The number of H-pyrrole nitrogens is 1. The molecule has 1 saturated heterocycles. The third-order valence-corrected chi connectivity index (χ3v) is 3.87. The Bertz CT molecular complexity index is 580. The van der Waals surface area contributed by atoms with Gasteiger partial charge >= 0.3 is 0 Å². The van der Waals surface area contributed by atoms with E-state index >= 15 is 0 Å². The normalized spacial score (nSPS) is 24.8. The van der Waals surface area contributed by atoms with E-state index in [9.17, 15) is 4.39 Å². The number of benzene rings is 1. The van der Waals surface area contributed by atoms with E-state index in [-0.39, 0.29) is 5.82 Å². The van der Waals surface area contributed by atoms with Crippen LogP contribution in [0.25, 0.3) is 11.0 Å². The number of aromatic nitrogens is 2. The fourth-order valence-corrected chi connectivity index (χ4v) is 2.79. The third kappa shape index (κ3) is 2.56. The third-order valence-electron chi connectivity index (χ3n) is 3.87. The Morgan fingerprint density at radius 1 is 1.47 bits per heavy atom. The lowest BCUT2D eigenvalue weighted by molar-refractivity contribution is 0.206. The van der Waals surface area contributed by atoms with Crippen molar-refractivity contribution in [3.8, 4) is 0 Å². The summed E-state index contributed by atoms with van der Waals surface area (Å²) in [6, 6.07) is 5.03. The molecule has 19 heavy (non-hydrogen) atoms. The van der Waals surface area contributed by atoms with Gasteiger partial charge in [-0.2, -0.15) is 0 Å². The predicted molar refractivity (Wildman–Crippen MR) is 74.7 cm³/mol. The van der Waals surface area contributed by atoms with Gasteiger partial charge in [-0.15, -0.1) is 0 Å². The minimum atomic E-state index is -0.240. The van der Waals surface area contributed by atoms with E-state index in [4.69, 9.17) is 0 Å². The van der Waals surface area contributed by atoms with Crippen LogP contribution in [0.5, 0.6) is 0 Å². The monoisotopic (exact) mass is 262 g/mol. The Kier molecular flexibility index (Phi) is 3.14. The molecule has 4 nitrogen and oxygen atoms in total. The number of piperidine rings is 1. The Hall–Kier alpha value is -1.62. The standard InChI is InChI=1S/C14H19FN4/c1-9-8-19(2)6-5-11(9)16-14-17-12-4-3-10(15)7-13(12)18-14/h3-4,7,9,11H,5-6,8H2,1-2H3,(H2,16,17,18). The number of fused-ring (bicyclic) bond motifs is 1. The van der Waals surface area contributed by atoms with E-state index in [1.54, 1.807) is 6.07 Å². The molecule has 3 rings (SSSR count). The lowest BCUT2D eigenvalue weighted by atomic mass is 9.94. The van der Waals surface area contributed by atoms with Gasteiger partial charge in [-0.25, -0.2) is 9.37 Å². The molecule has 2 unspecified atom stereocenters. The molecule has 5 heteroatoms. The van der Waals surface area contributed by atoms with Crippen molar-refractivity contribution in [2.45, 2.75) is 19.4 Å². The first kappa shape index (κ1) is 12.4. The molecule has 0 saturated carbocycles. The van der Waals surface area contributed by atoms with Crippen LogP contribution in [-0.2, 0) is 0 Å². The number of anilines is 1. The van der Waals surface area contributed by atoms with E-state index in [1.165, 1.54) is 12.1 Å². The molecule has 102 valence electrons. The second-order valence-corrected chi connectivity index (χ2v) is 5.53. The van der Waals surface area contributed by atoms with Crippen molar-refractivity contribution < 1.29 is 4.39 Å². The zero-order chi connectivity index (χ0) is 13.4. The van der Waals surface area contributed by atoms with Gasteiger partial charge in [0.2, 0.25) is 5.95 Å². The van der Waals surface area contributed by atoms with Crippen molar-refractivity contribution in [1.82, 2.24) is 14.9 Å². The van der Waals surface area contributed by atoms with Crippen molar-refractivity contribution in [3.63, 3.8) is 0 Å². The second-order valence-electron chi connectivity index (χ2n) is 5.53. The zero-order valence-corrected chi connectivity index (χ0v) is 11.3. The average Bonchev–Trinajstić information content (AvgIpc) is 2.74. The molecule has 2 heterocycles. The predicted octanol–water partition coefficient (Wildman–Crippen LogP) is 2.45. The summed E-state index contributed by atoms with van der Waals surface area (Å²) in [7, 11) is 2.15. The van der Waals surface area contributed by atoms with Gasteiger partial charge in [0.15, 0.2) is 0 Å². The summed E-state index contributed by atoms with van der Waals surface area (Å²) < 4.78 is 13.1. The quantitative estimate of drug-likeness (QED) is 0.873. The topological polar surface area (TPSA) is 44.0 Å². The number of imidazole rings is 1. The molecule has 0 amide bonds. The van der Waals surface area contributed by atoms with Crippen LogP contribution in [0.4, 0.5) is 10.3 Å². The second kappa shape index (κ2) is 4.81. The maximum Gasteiger partial charge on any atom is 0.201 e. The molecule has 0 bridgehead atoms. The van der Waals surface area contributed by atoms with E-state index in [2.05, 4.69) is 34.2 Å². The van der Waals surface area contributed by atoms with Crippen LogP contribution in [0, 0.1) is 11.7 Å². The molecule has 0 aliphatic carbocycles. The maximum atomic E-state index is 13.1. The first-order valence-corrected chi connectivity index (χ1v) is 6.72. The molecule has 1 fully saturated rings. The van der Waals surface area contributed by atoms with E-state index in [0.717, 1.165) is 36.5 Å². The Morgan fingerprint density at radius 3 is 3.11 bits per heavy atom. The van der Waals surface area contributed by atoms with Gasteiger partial charge in [-0.3, -0.25) is 0 Å². The SMILES string of the molecule is CC1CN(C)CCC1Nc1nc2ccc(F)cc2[nH]1. The largest absolute Gasteiger partial charge is 0.353 e. The molecule has 0 radical (unpaired) electrons. The van der Waals surface area contributed by atoms with Crippen molar-refractivity contribution >= 4 is 17.0 Å². The number of likely N-dealkylation sites (tertiary alicyclic amines) is 1. The number of rotatable bonds is 2. The summed E-state index contributed by atoms with van der Waals surface area (Å²) in [4.78, 5) is 9.94. The van der Waals surface area contributed by atoms with Crippen LogP contribution in [0.3, 0.4) is 0 Å². The van der Waals surface area contributed by atoms with Crippen LogP contribution >= 0.6 is 0 Å². The first-order chi connectivity index (χ1) is 9.11. The van der Waals surface area contributed by atoms with Crippen LogP contribution < -0.4 is 5.32 Å². The highest BCUT2D eigenvalue weighted by atomic mass is 19.1. The summed E-state index contributed by atoms with van der Waals surface area (Å²) in [5.41, 5.74) is 1.53. The lowest BCUT2D eigenvalue weighted by Gasteiger charge is -2.35. The fraction of sp³-hybridized carbons (Fsp3) is 0.500. The minimum absolute atomic E-state index is 0.240. The van der Waals surface area contributed by atoms with Gasteiger partial charge in [0.1, 0.15) is 5.82 Å². The smallest absolute Gasteiger partial charge is 0.201 e. The molecule has 2 atom stereocenters. The minimum Gasteiger partial charge on any atom is -0.353 e. The highest BCUT2D eigenvalue weighted by molar-refractivity contribution is 5.77. The van der Waals surface area contributed by atoms with Gasteiger partial charge in [-0.1, -0.05) is 6.92 Å². The van der Waals surface area contributed by atoms with Gasteiger partial charge in [0, 0.05) is 12.6 Å². The highest BCUT2D eigenvalue weighted by Gasteiger charge is 2.24. The summed E-state index contributed by atoms with van der Waals surface area (Å²) in [6.45, 7) is 4.43. The molecule has 0 spiro atoms. The first-order valence-electron chi connectivity index (χ1n) is 6.72. The number of halogens is 1. The number of hydrogen-bond acceptors (Lipinski definition) is 3. The Labute approximate surface area is 112 Å². The fourth-order valence-electron chi connectivity index (χ4n) is 2.79. The van der Waals surface area contributed by atoms with Crippen molar-refractivity contribution in [3.05, 3.63) is 24.0 Å². The molecule has 1 aromatic heterocycles. The van der Waals surface area contributed by atoms with Gasteiger partial charge in [0.25, 0.3) is 0 Å². The van der Waals surface area contributed by atoms with Crippen LogP contribution in [0.1, 0.15) is 13.3 Å². The zero-order valence-electron chi connectivity index (χ0n) is 11.3. The lowest BCUT2D eigenvalue weighted by Crippen LogP contribution is -2.43. The van der Waals surface area contributed by atoms with Gasteiger partial charge in [0.05, 0.1) is 11.0 Å².